The molecule has 0 spiro atoms. The van der Waals surface area contributed by atoms with Crippen molar-refractivity contribution in [3.8, 4) is 11.7 Å². The molecule has 1 aliphatic rings. The quantitative estimate of drug-likeness (QED) is 0.468. The smallest absolute Gasteiger partial charge is 0.331 e. The van der Waals surface area contributed by atoms with Gasteiger partial charge in [0.1, 0.15) is 5.75 Å². The first-order chi connectivity index (χ1) is 15.9. The number of nitrogens with one attached hydrogen (secondary N) is 2. The molecule has 0 saturated heterocycles. The van der Waals surface area contributed by atoms with Crippen LogP contribution in [0.3, 0.4) is 0 Å². The second-order valence-electron chi connectivity index (χ2n) is 8.10. The zero-order valence-electron chi connectivity index (χ0n) is 19.2. The average molecular weight is 457 g/mol. The van der Waals surface area contributed by atoms with Crippen molar-refractivity contribution in [3.05, 3.63) is 59.9 Å². The number of carboxylic acids is 1. The SMILES string of the molecule is CCC(CC)O[C@@H]1C=C(C(=O)O)C[C@H](NCc2ccccc2Oc2ccco2)[C@H]1NC(C)=O. The van der Waals surface area contributed by atoms with E-state index in [4.69, 9.17) is 13.9 Å². The van der Waals surface area contributed by atoms with Crippen LogP contribution in [-0.4, -0.2) is 41.3 Å². The third-order valence-corrected chi connectivity index (χ3v) is 5.73. The average Bonchev–Trinajstić information content (AvgIpc) is 3.30. The van der Waals surface area contributed by atoms with Gasteiger partial charge in [0, 0.05) is 36.7 Å². The molecule has 0 saturated carbocycles. The molecular formula is C25H32N2O6. The summed E-state index contributed by atoms with van der Waals surface area (Å²) in [4.78, 5) is 23.8. The van der Waals surface area contributed by atoms with Crippen LogP contribution in [0.2, 0.25) is 0 Å². The molecule has 0 fully saturated rings. The molecule has 3 rings (SSSR count). The van der Waals surface area contributed by atoms with Gasteiger partial charge >= 0.3 is 5.97 Å². The highest BCUT2D eigenvalue weighted by Gasteiger charge is 2.37. The lowest BCUT2D eigenvalue weighted by Gasteiger charge is -2.38. The van der Waals surface area contributed by atoms with Gasteiger partial charge in [-0.25, -0.2) is 4.79 Å². The Kier molecular flexibility index (Phi) is 8.68. The molecule has 1 aliphatic carbocycles. The van der Waals surface area contributed by atoms with Crippen LogP contribution in [0.1, 0.15) is 45.6 Å². The first-order valence-electron chi connectivity index (χ1n) is 11.3. The molecule has 1 aromatic heterocycles. The van der Waals surface area contributed by atoms with Crippen molar-refractivity contribution in [2.24, 2.45) is 0 Å². The number of amides is 1. The second kappa shape index (κ2) is 11.7. The minimum atomic E-state index is -0.984. The molecular weight excluding hydrogens is 424 g/mol. The summed E-state index contributed by atoms with van der Waals surface area (Å²) in [6.45, 7) is 5.91. The number of carbonyl (C=O) groups excluding carboxylic acids is 1. The van der Waals surface area contributed by atoms with Gasteiger partial charge in [0.2, 0.25) is 5.91 Å². The minimum absolute atomic E-state index is 0.0290. The van der Waals surface area contributed by atoms with Crippen LogP contribution in [0.5, 0.6) is 11.7 Å². The Labute approximate surface area is 194 Å². The van der Waals surface area contributed by atoms with Gasteiger partial charge in [-0.1, -0.05) is 32.0 Å². The van der Waals surface area contributed by atoms with Crippen LogP contribution >= 0.6 is 0 Å². The van der Waals surface area contributed by atoms with Crippen molar-refractivity contribution in [1.29, 1.82) is 0 Å². The molecule has 0 radical (unpaired) electrons. The van der Waals surface area contributed by atoms with E-state index in [2.05, 4.69) is 10.6 Å². The Morgan fingerprint density at radius 1 is 1.18 bits per heavy atom. The third-order valence-electron chi connectivity index (χ3n) is 5.73. The molecule has 8 heteroatoms. The van der Waals surface area contributed by atoms with Gasteiger partial charge in [-0.05, 0) is 37.5 Å². The van der Waals surface area contributed by atoms with E-state index >= 15 is 0 Å². The second-order valence-corrected chi connectivity index (χ2v) is 8.10. The Balaban J connectivity index is 1.82. The largest absolute Gasteiger partial charge is 0.478 e. The summed E-state index contributed by atoms with van der Waals surface area (Å²) in [7, 11) is 0. The van der Waals surface area contributed by atoms with E-state index in [1.165, 1.54) is 13.2 Å². The number of rotatable bonds is 11. The van der Waals surface area contributed by atoms with E-state index in [0.717, 1.165) is 18.4 Å². The summed E-state index contributed by atoms with van der Waals surface area (Å²) < 4.78 is 17.3. The topological polar surface area (TPSA) is 110 Å². The molecule has 3 N–H and O–H groups in total. The molecule has 2 aromatic rings. The Morgan fingerprint density at radius 2 is 1.94 bits per heavy atom. The fourth-order valence-electron chi connectivity index (χ4n) is 3.99. The number of furan rings is 1. The van der Waals surface area contributed by atoms with Crippen molar-refractivity contribution < 1.29 is 28.6 Å². The van der Waals surface area contributed by atoms with Gasteiger partial charge in [0.25, 0.3) is 5.95 Å². The molecule has 0 bridgehead atoms. The van der Waals surface area contributed by atoms with E-state index in [0.29, 0.717) is 18.2 Å². The Hall–Kier alpha value is -3.10. The van der Waals surface area contributed by atoms with Gasteiger partial charge in [-0.3, -0.25) is 4.79 Å². The fourth-order valence-corrected chi connectivity index (χ4v) is 3.99. The molecule has 0 unspecified atom stereocenters. The van der Waals surface area contributed by atoms with Crippen LogP contribution < -0.4 is 15.4 Å². The van der Waals surface area contributed by atoms with E-state index in [-0.39, 0.29) is 30.0 Å². The first-order valence-corrected chi connectivity index (χ1v) is 11.3. The number of hydrogen-bond donors (Lipinski definition) is 3. The molecule has 1 heterocycles. The normalized spacial score (nSPS) is 20.4. The number of hydrogen-bond acceptors (Lipinski definition) is 6. The maximum atomic E-state index is 12.0. The van der Waals surface area contributed by atoms with E-state index < -0.39 is 18.1 Å². The number of para-hydroxylation sites is 1. The van der Waals surface area contributed by atoms with E-state index in [1.807, 2.05) is 38.1 Å². The van der Waals surface area contributed by atoms with Crippen LogP contribution in [0, 0.1) is 0 Å². The number of carboxylic acid groups (broad SMARTS) is 1. The molecule has 1 aromatic carbocycles. The maximum Gasteiger partial charge on any atom is 0.331 e. The summed E-state index contributed by atoms with van der Waals surface area (Å²) in [5, 5.41) is 16.1. The summed E-state index contributed by atoms with van der Waals surface area (Å²) >= 11 is 0. The Bertz CT molecular complexity index is 952. The molecule has 1 amide bonds. The van der Waals surface area contributed by atoms with Crippen molar-refractivity contribution in [1.82, 2.24) is 10.6 Å². The van der Waals surface area contributed by atoms with Crippen LogP contribution in [0.25, 0.3) is 0 Å². The number of benzene rings is 1. The highest BCUT2D eigenvalue weighted by molar-refractivity contribution is 5.87. The van der Waals surface area contributed by atoms with Crippen molar-refractivity contribution in [3.63, 3.8) is 0 Å². The molecule has 8 nitrogen and oxygen atoms in total. The fraction of sp³-hybridized carbons (Fsp3) is 0.440. The predicted octanol–water partition coefficient (Wildman–Crippen LogP) is 4.02. The highest BCUT2D eigenvalue weighted by Crippen LogP contribution is 2.28. The van der Waals surface area contributed by atoms with Crippen molar-refractivity contribution in [2.45, 2.75) is 70.9 Å². The van der Waals surface area contributed by atoms with Crippen molar-refractivity contribution in [2.75, 3.05) is 0 Å². The summed E-state index contributed by atoms with van der Waals surface area (Å²) in [5.41, 5.74) is 1.14. The lowest BCUT2D eigenvalue weighted by Crippen LogP contribution is -2.58. The van der Waals surface area contributed by atoms with E-state index in [1.54, 1.807) is 18.2 Å². The van der Waals surface area contributed by atoms with Gasteiger partial charge in [-0.15, -0.1) is 0 Å². The van der Waals surface area contributed by atoms with Crippen molar-refractivity contribution >= 4 is 11.9 Å². The zero-order valence-corrected chi connectivity index (χ0v) is 19.2. The standard InChI is InChI=1S/C25H32N2O6/c1-4-19(5-2)32-22-14-18(25(29)30)13-20(24(22)27-16(3)28)26-15-17-9-6-7-10-21(17)33-23-11-8-12-31-23/h6-12,14,19-20,22,24,26H,4-5,13,15H2,1-3H3,(H,27,28)(H,29,30)/t20-,22+,24+/m0/s1. The summed E-state index contributed by atoms with van der Waals surface area (Å²) in [6, 6.07) is 10.2. The number of carbonyl (C=O) groups is 2. The van der Waals surface area contributed by atoms with E-state index in [9.17, 15) is 14.7 Å². The Morgan fingerprint density at radius 3 is 2.58 bits per heavy atom. The van der Waals surface area contributed by atoms with Crippen LogP contribution in [0.15, 0.2) is 58.7 Å². The first kappa shape index (κ1) is 24.5. The number of ether oxygens (including phenoxy) is 2. The highest BCUT2D eigenvalue weighted by atomic mass is 16.6. The lowest BCUT2D eigenvalue weighted by molar-refractivity contribution is -0.133. The third kappa shape index (κ3) is 6.69. The molecule has 0 aliphatic heterocycles. The van der Waals surface area contributed by atoms with Gasteiger partial charge in [0.15, 0.2) is 0 Å². The number of aliphatic carboxylic acids is 1. The lowest BCUT2D eigenvalue weighted by atomic mass is 9.87. The maximum absolute atomic E-state index is 12.0. The monoisotopic (exact) mass is 456 g/mol. The van der Waals surface area contributed by atoms with Gasteiger partial charge < -0.3 is 29.6 Å². The zero-order chi connectivity index (χ0) is 23.8. The van der Waals surface area contributed by atoms with Crippen LogP contribution in [-0.2, 0) is 20.9 Å². The predicted molar refractivity (Wildman–Crippen MR) is 123 cm³/mol. The van der Waals surface area contributed by atoms with Gasteiger partial charge in [0.05, 0.1) is 24.5 Å². The molecule has 33 heavy (non-hydrogen) atoms. The summed E-state index contributed by atoms with van der Waals surface area (Å²) in [6.07, 6.45) is 4.44. The van der Waals surface area contributed by atoms with Gasteiger partial charge in [-0.2, -0.15) is 0 Å². The van der Waals surface area contributed by atoms with Crippen LogP contribution in [0.4, 0.5) is 0 Å². The molecule has 3 atom stereocenters. The molecule has 178 valence electrons. The minimum Gasteiger partial charge on any atom is -0.478 e. The summed E-state index contributed by atoms with van der Waals surface area (Å²) in [5.74, 6) is -0.168.